The van der Waals surface area contributed by atoms with Crippen LogP contribution in [0.2, 0.25) is 10.0 Å². The van der Waals surface area contributed by atoms with Crippen molar-refractivity contribution < 1.29 is 18.0 Å². The maximum Gasteiger partial charge on any atom is 0.244 e. The lowest BCUT2D eigenvalue weighted by Crippen LogP contribution is -2.52. The minimum Gasteiger partial charge on any atom is -0.352 e. The van der Waals surface area contributed by atoms with Crippen LogP contribution in [0.5, 0.6) is 0 Å². The first-order valence-corrected chi connectivity index (χ1v) is 13.5. The third kappa shape index (κ3) is 7.61. The number of benzene rings is 2. The third-order valence-corrected chi connectivity index (χ3v) is 7.14. The number of nitrogens with one attached hydrogen (secondary N) is 1. The summed E-state index contributed by atoms with van der Waals surface area (Å²) in [5.41, 5.74) is 1.92. The van der Waals surface area contributed by atoms with Crippen molar-refractivity contribution in [2.24, 2.45) is 0 Å². The van der Waals surface area contributed by atoms with Gasteiger partial charge in [-0.2, -0.15) is 0 Å². The van der Waals surface area contributed by atoms with Crippen molar-refractivity contribution in [3.05, 3.63) is 63.6 Å². The highest BCUT2D eigenvalue weighted by molar-refractivity contribution is 7.92. The summed E-state index contributed by atoms with van der Waals surface area (Å²) in [5.74, 6) is -0.864. The fourth-order valence-corrected chi connectivity index (χ4v) is 4.62. The van der Waals surface area contributed by atoms with E-state index in [0.29, 0.717) is 0 Å². The van der Waals surface area contributed by atoms with E-state index in [1.54, 1.807) is 6.92 Å². The summed E-state index contributed by atoms with van der Waals surface area (Å²) in [4.78, 5) is 27.8. The maximum atomic E-state index is 13.5. The van der Waals surface area contributed by atoms with E-state index in [1.165, 1.54) is 23.1 Å². The maximum absolute atomic E-state index is 13.5. The first-order valence-electron chi connectivity index (χ1n) is 10.9. The van der Waals surface area contributed by atoms with E-state index in [2.05, 4.69) is 5.32 Å². The predicted octanol–water partition coefficient (Wildman–Crippen LogP) is 4.40. The third-order valence-electron chi connectivity index (χ3n) is 5.46. The standard InChI is InChI=1S/C24H31Cl2N3O4S/c1-6-17(3)27-24(31)18(4)28(14-19-9-7-8-16(2)12-19)23(30)15-29(34(5,32)33)22-13-20(25)10-11-21(22)26/h7-13,17-18H,6,14-15H2,1-5H3,(H,27,31)/t17-,18+/m0/s1. The molecule has 0 saturated heterocycles. The van der Waals surface area contributed by atoms with Crippen LogP contribution in [-0.4, -0.2) is 50.0 Å². The molecule has 1 N–H and O–H groups in total. The van der Waals surface area contributed by atoms with Crippen molar-refractivity contribution in [2.45, 2.75) is 52.7 Å². The summed E-state index contributed by atoms with van der Waals surface area (Å²) >= 11 is 12.3. The van der Waals surface area contributed by atoms with Gasteiger partial charge in [0.25, 0.3) is 0 Å². The Hall–Kier alpha value is -2.29. The number of aryl methyl sites for hydroxylation is 1. The molecule has 34 heavy (non-hydrogen) atoms. The van der Waals surface area contributed by atoms with Crippen molar-refractivity contribution in [1.82, 2.24) is 10.2 Å². The number of sulfonamides is 1. The predicted molar refractivity (Wildman–Crippen MR) is 138 cm³/mol. The van der Waals surface area contributed by atoms with Crippen LogP contribution in [0.15, 0.2) is 42.5 Å². The summed E-state index contributed by atoms with van der Waals surface area (Å²) in [7, 11) is -3.89. The highest BCUT2D eigenvalue weighted by atomic mass is 35.5. The SMILES string of the molecule is CC[C@H](C)NC(=O)[C@@H](C)N(Cc1cccc(C)c1)C(=O)CN(c1cc(Cl)ccc1Cl)S(C)(=O)=O. The van der Waals surface area contributed by atoms with Gasteiger partial charge in [0.2, 0.25) is 21.8 Å². The number of halogens is 2. The van der Waals surface area contributed by atoms with Crippen LogP contribution in [0.25, 0.3) is 0 Å². The fourth-order valence-electron chi connectivity index (χ4n) is 3.33. The number of carbonyl (C=O) groups excluding carboxylic acids is 2. The van der Waals surface area contributed by atoms with E-state index in [9.17, 15) is 18.0 Å². The number of hydrogen-bond acceptors (Lipinski definition) is 4. The Labute approximate surface area is 212 Å². The van der Waals surface area contributed by atoms with Gasteiger partial charge in [-0.1, -0.05) is 60.0 Å². The number of nitrogens with zero attached hydrogens (tertiary/aromatic N) is 2. The molecule has 10 heteroatoms. The molecule has 2 rings (SSSR count). The topological polar surface area (TPSA) is 86.8 Å². The molecule has 0 fully saturated rings. The van der Waals surface area contributed by atoms with E-state index in [1.807, 2.05) is 45.0 Å². The van der Waals surface area contributed by atoms with Crippen LogP contribution in [0, 0.1) is 6.92 Å². The van der Waals surface area contributed by atoms with Gasteiger partial charge in [-0.05, 0) is 51.0 Å². The van der Waals surface area contributed by atoms with Crippen molar-refractivity contribution in [3.63, 3.8) is 0 Å². The lowest BCUT2D eigenvalue weighted by atomic mass is 10.1. The minimum atomic E-state index is -3.89. The van der Waals surface area contributed by atoms with Crippen molar-refractivity contribution >= 4 is 50.7 Å². The molecular formula is C24H31Cl2N3O4S. The van der Waals surface area contributed by atoms with Crippen LogP contribution in [0.4, 0.5) is 5.69 Å². The molecule has 0 aliphatic heterocycles. The molecule has 0 spiro atoms. The summed E-state index contributed by atoms with van der Waals surface area (Å²) < 4.78 is 26.1. The van der Waals surface area contributed by atoms with Crippen molar-refractivity contribution in [2.75, 3.05) is 17.1 Å². The van der Waals surface area contributed by atoms with Crippen molar-refractivity contribution in [3.8, 4) is 0 Å². The molecule has 0 aliphatic rings. The summed E-state index contributed by atoms with van der Waals surface area (Å²) in [6.07, 6.45) is 1.72. The van der Waals surface area contributed by atoms with E-state index in [-0.39, 0.29) is 34.2 Å². The van der Waals surface area contributed by atoms with E-state index >= 15 is 0 Å². The monoisotopic (exact) mass is 527 g/mol. The van der Waals surface area contributed by atoms with Gasteiger partial charge >= 0.3 is 0 Å². The van der Waals surface area contributed by atoms with E-state index in [4.69, 9.17) is 23.2 Å². The molecule has 2 atom stereocenters. The number of amides is 2. The Kier molecular flexibility index (Phi) is 9.79. The quantitative estimate of drug-likeness (QED) is 0.495. The normalized spacial score (nSPS) is 13.1. The van der Waals surface area contributed by atoms with Crippen LogP contribution in [0.3, 0.4) is 0 Å². The number of hydrogen-bond donors (Lipinski definition) is 1. The van der Waals surface area contributed by atoms with Crippen LogP contribution >= 0.6 is 23.2 Å². The number of rotatable bonds is 10. The zero-order valence-corrected chi connectivity index (χ0v) is 22.3. The van der Waals surface area contributed by atoms with Gasteiger partial charge in [-0.15, -0.1) is 0 Å². The number of anilines is 1. The Balaban J connectivity index is 2.43. The second kappa shape index (κ2) is 11.9. The largest absolute Gasteiger partial charge is 0.352 e. The average Bonchev–Trinajstić information content (AvgIpc) is 2.76. The van der Waals surface area contributed by atoms with Crippen LogP contribution < -0.4 is 9.62 Å². The van der Waals surface area contributed by atoms with Gasteiger partial charge in [0.15, 0.2) is 0 Å². The van der Waals surface area contributed by atoms with Gasteiger partial charge in [0.1, 0.15) is 12.6 Å². The van der Waals surface area contributed by atoms with Gasteiger partial charge < -0.3 is 10.2 Å². The summed E-state index contributed by atoms with van der Waals surface area (Å²) in [6.45, 7) is 6.99. The summed E-state index contributed by atoms with van der Waals surface area (Å²) in [6, 6.07) is 11.1. The van der Waals surface area contributed by atoms with E-state index < -0.39 is 28.5 Å². The molecule has 186 valence electrons. The molecule has 0 radical (unpaired) electrons. The highest BCUT2D eigenvalue weighted by Gasteiger charge is 2.31. The Morgan fingerprint density at radius 2 is 1.76 bits per heavy atom. The highest BCUT2D eigenvalue weighted by Crippen LogP contribution is 2.31. The average molecular weight is 529 g/mol. The molecule has 2 aromatic carbocycles. The fraction of sp³-hybridized carbons (Fsp3) is 0.417. The summed E-state index contributed by atoms with van der Waals surface area (Å²) in [5, 5.41) is 3.30. The molecule has 0 unspecified atom stereocenters. The second-order valence-electron chi connectivity index (χ2n) is 8.37. The Morgan fingerprint density at radius 1 is 1.09 bits per heavy atom. The smallest absolute Gasteiger partial charge is 0.244 e. The molecule has 2 amide bonds. The minimum absolute atomic E-state index is 0.0661. The zero-order chi connectivity index (χ0) is 25.6. The number of carbonyl (C=O) groups is 2. The van der Waals surface area contributed by atoms with Crippen LogP contribution in [0.1, 0.15) is 38.3 Å². The van der Waals surface area contributed by atoms with Crippen molar-refractivity contribution in [1.29, 1.82) is 0 Å². The zero-order valence-electron chi connectivity index (χ0n) is 20.0. The molecular weight excluding hydrogens is 497 g/mol. The lowest BCUT2D eigenvalue weighted by molar-refractivity contribution is -0.139. The first kappa shape index (κ1) is 28.0. The molecule has 0 saturated carbocycles. The van der Waals surface area contributed by atoms with Gasteiger partial charge in [-0.3, -0.25) is 13.9 Å². The molecule has 0 bridgehead atoms. The van der Waals surface area contributed by atoms with Crippen LogP contribution in [-0.2, 0) is 26.2 Å². The molecule has 0 aromatic heterocycles. The second-order valence-corrected chi connectivity index (χ2v) is 11.1. The van der Waals surface area contributed by atoms with Gasteiger partial charge in [0.05, 0.1) is 17.0 Å². The lowest BCUT2D eigenvalue weighted by Gasteiger charge is -2.32. The molecule has 2 aromatic rings. The Morgan fingerprint density at radius 3 is 2.35 bits per heavy atom. The van der Waals surface area contributed by atoms with Gasteiger partial charge in [0, 0.05) is 17.6 Å². The van der Waals surface area contributed by atoms with Gasteiger partial charge in [-0.25, -0.2) is 8.42 Å². The first-order chi connectivity index (χ1) is 15.8. The molecule has 0 aliphatic carbocycles. The molecule has 0 heterocycles. The molecule has 7 nitrogen and oxygen atoms in total. The Bertz CT molecular complexity index is 1140. The van der Waals surface area contributed by atoms with E-state index in [0.717, 1.165) is 28.1 Å².